The summed E-state index contributed by atoms with van der Waals surface area (Å²) in [6.07, 6.45) is 12.5. The molecule has 0 unspecified atom stereocenters. The zero-order valence-corrected chi connectivity index (χ0v) is 19.4. The fourth-order valence-electron chi connectivity index (χ4n) is 2.90. The molecule has 0 aromatic rings. The molecule has 1 fully saturated rings. The van der Waals surface area contributed by atoms with E-state index in [0.717, 1.165) is 12.8 Å². The zero-order valence-electron chi connectivity index (χ0n) is 16.6. The second-order valence-electron chi connectivity index (χ2n) is 6.82. The molecule has 1 saturated heterocycles. The Balaban J connectivity index is 0.00000625. The first-order valence-corrected chi connectivity index (χ1v) is 11.4. The molecule has 1 aliphatic heterocycles. The minimum Gasteiger partial charge on any atom is -0.748 e. The predicted octanol–water partition coefficient (Wildman–Crippen LogP) is 0.605. The quantitative estimate of drug-likeness (QED) is 0.227. The van der Waals surface area contributed by atoms with E-state index in [0.29, 0.717) is 13.2 Å². The van der Waals surface area contributed by atoms with E-state index in [9.17, 15) is 13.0 Å². The van der Waals surface area contributed by atoms with E-state index in [4.69, 9.17) is 14.2 Å². The first-order chi connectivity index (χ1) is 12.0. The summed E-state index contributed by atoms with van der Waals surface area (Å²) in [4.78, 5) is 0. The first-order valence-electron chi connectivity index (χ1n) is 9.79. The van der Waals surface area contributed by atoms with Crippen molar-refractivity contribution < 1.29 is 56.7 Å². The van der Waals surface area contributed by atoms with Crippen molar-refractivity contribution in [1.82, 2.24) is 0 Å². The Hall–Kier alpha value is 0.790. The zero-order chi connectivity index (χ0) is 18.4. The standard InChI is InChI=1S/C18H36O6S.Na/c1-2-3-4-5-6-7-8-9-10-12-18-23-15-17(16-24-18)22-13-11-14-25(19,20)21;/h17-18H,2-16H2,1H3,(H,19,20,21);/q;+1/p-1. The van der Waals surface area contributed by atoms with Gasteiger partial charge in [0.2, 0.25) is 0 Å². The molecule has 26 heavy (non-hydrogen) atoms. The summed E-state index contributed by atoms with van der Waals surface area (Å²) in [5, 5.41) is 0. The Morgan fingerprint density at radius 3 is 2.00 bits per heavy atom. The fraction of sp³-hybridized carbons (Fsp3) is 1.00. The molecule has 0 N–H and O–H groups in total. The van der Waals surface area contributed by atoms with Gasteiger partial charge in [0.15, 0.2) is 6.29 Å². The van der Waals surface area contributed by atoms with Gasteiger partial charge in [-0.1, -0.05) is 58.3 Å². The van der Waals surface area contributed by atoms with E-state index in [1.807, 2.05) is 0 Å². The Kier molecular flexibility index (Phi) is 17.2. The van der Waals surface area contributed by atoms with Crippen LogP contribution in [-0.2, 0) is 24.3 Å². The van der Waals surface area contributed by atoms with Gasteiger partial charge in [0.25, 0.3) is 0 Å². The number of ether oxygens (including phenoxy) is 3. The summed E-state index contributed by atoms with van der Waals surface area (Å²) in [6.45, 7) is 3.41. The predicted molar refractivity (Wildman–Crippen MR) is 96.5 cm³/mol. The van der Waals surface area contributed by atoms with Crippen LogP contribution in [0.5, 0.6) is 0 Å². The van der Waals surface area contributed by atoms with Crippen LogP contribution in [0.3, 0.4) is 0 Å². The van der Waals surface area contributed by atoms with Gasteiger partial charge < -0.3 is 18.8 Å². The van der Waals surface area contributed by atoms with Crippen molar-refractivity contribution in [2.75, 3.05) is 25.6 Å². The van der Waals surface area contributed by atoms with Gasteiger partial charge in [-0.25, -0.2) is 8.42 Å². The van der Waals surface area contributed by atoms with Gasteiger partial charge in [-0.05, 0) is 19.3 Å². The Bertz CT molecular complexity index is 410. The molecule has 1 aliphatic rings. The largest absolute Gasteiger partial charge is 1.00 e. The summed E-state index contributed by atoms with van der Waals surface area (Å²) in [6, 6.07) is 0. The Morgan fingerprint density at radius 1 is 0.923 bits per heavy atom. The normalized spacial score (nSPS) is 20.7. The molecular weight excluding hydrogens is 367 g/mol. The topological polar surface area (TPSA) is 84.9 Å². The SMILES string of the molecule is CCCCCCCCCCCC1OCC(OCCCS(=O)(=O)[O-])CO1.[Na+]. The third kappa shape index (κ3) is 15.8. The molecule has 0 aromatic carbocycles. The molecular formula is C18H35NaO6S. The molecule has 0 spiro atoms. The van der Waals surface area contributed by atoms with Crippen LogP contribution in [0.2, 0.25) is 0 Å². The maximum Gasteiger partial charge on any atom is 1.00 e. The van der Waals surface area contributed by atoms with Gasteiger partial charge in [-0.3, -0.25) is 0 Å². The van der Waals surface area contributed by atoms with Crippen LogP contribution in [0, 0.1) is 0 Å². The van der Waals surface area contributed by atoms with Crippen molar-refractivity contribution in [3.8, 4) is 0 Å². The van der Waals surface area contributed by atoms with Crippen LogP contribution in [0.25, 0.3) is 0 Å². The van der Waals surface area contributed by atoms with Crippen molar-refractivity contribution in [3.05, 3.63) is 0 Å². The molecule has 8 heteroatoms. The summed E-state index contributed by atoms with van der Waals surface area (Å²) >= 11 is 0. The van der Waals surface area contributed by atoms with Crippen LogP contribution in [-0.4, -0.2) is 50.9 Å². The number of hydrogen-bond donors (Lipinski definition) is 0. The molecule has 1 rings (SSSR count). The van der Waals surface area contributed by atoms with Gasteiger partial charge in [0, 0.05) is 12.4 Å². The second kappa shape index (κ2) is 16.7. The monoisotopic (exact) mass is 402 g/mol. The van der Waals surface area contributed by atoms with E-state index >= 15 is 0 Å². The smallest absolute Gasteiger partial charge is 0.748 e. The molecule has 1 heterocycles. The minimum absolute atomic E-state index is 0. The number of rotatable bonds is 15. The molecule has 0 aromatic heterocycles. The Morgan fingerprint density at radius 2 is 1.46 bits per heavy atom. The third-order valence-electron chi connectivity index (χ3n) is 4.37. The van der Waals surface area contributed by atoms with Gasteiger partial charge in [-0.2, -0.15) is 0 Å². The van der Waals surface area contributed by atoms with Gasteiger partial charge >= 0.3 is 29.6 Å². The average Bonchev–Trinajstić information content (AvgIpc) is 2.57. The van der Waals surface area contributed by atoms with Crippen LogP contribution < -0.4 is 29.6 Å². The maximum absolute atomic E-state index is 10.5. The summed E-state index contributed by atoms with van der Waals surface area (Å²) in [5.74, 6) is -0.386. The molecule has 0 bridgehead atoms. The van der Waals surface area contributed by atoms with E-state index in [1.54, 1.807) is 0 Å². The first kappa shape index (κ1) is 26.8. The third-order valence-corrected chi connectivity index (χ3v) is 5.16. The Labute approximate surface area is 181 Å². The molecule has 0 aliphatic carbocycles. The van der Waals surface area contributed by atoms with E-state index in [1.165, 1.54) is 51.4 Å². The van der Waals surface area contributed by atoms with Gasteiger partial charge in [-0.15, -0.1) is 0 Å². The number of unbranched alkanes of at least 4 members (excludes halogenated alkanes) is 8. The van der Waals surface area contributed by atoms with Crippen molar-refractivity contribution >= 4 is 10.1 Å². The molecule has 0 radical (unpaired) electrons. The van der Waals surface area contributed by atoms with Crippen LogP contribution in [0.1, 0.15) is 77.6 Å². The van der Waals surface area contributed by atoms with Crippen molar-refractivity contribution in [2.45, 2.75) is 89.9 Å². The minimum atomic E-state index is -4.15. The van der Waals surface area contributed by atoms with Crippen LogP contribution >= 0.6 is 0 Å². The fourth-order valence-corrected chi connectivity index (χ4v) is 3.37. The van der Waals surface area contributed by atoms with Crippen molar-refractivity contribution in [1.29, 1.82) is 0 Å². The van der Waals surface area contributed by atoms with Crippen molar-refractivity contribution in [3.63, 3.8) is 0 Å². The van der Waals surface area contributed by atoms with E-state index in [2.05, 4.69) is 6.92 Å². The molecule has 6 nitrogen and oxygen atoms in total. The number of hydrogen-bond acceptors (Lipinski definition) is 6. The van der Waals surface area contributed by atoms with Gasteiger partial charge in [0.1, 0.15) is 6.10 Å². The summed E-state index contributed by atoms with van der Waals surface area (Å²) in [7, 11) is -4.15. The average molecular weight is 403 g/mol. The van der Waals surface area contributed by atoms with Crippen LogP contribution in [0.15, 0.2) is 0 Å². The van der Waals surface area contributed by atoms with E-state index in [-0.39, 0.29) is 60.7 Å². The maximum atomic E-state index is 10.5. The molecule has 0 amide bonds. The second-order valence-corrected chi connectivity index (χ2v) is 8.35. The molecule has 150 valence electrons. The van der Waals surface area contributed by atoms with E-state index < -0.39 is 10.1 Å². The molecule has 0 atom stereocenters. The van der Waals surface area contributed by atoms with Crippen molar-refractivity contribution in [2.24, 2.45) is 0 Å². The van der Waals surface area contributed by atoms with Gasteiger partial charge in [0.05, 0.1) is 23.3 Å². The van der Waals surface area contributed by atoms with Crippen LogP contribution in [0.4, 0.5) is 0 Å². The molecule has 0 saturated carbocycles. The summed E-state index contributed by atoms with van der Waals surface area (Å²) in [5.41, 5.74) is 0. The summed E-state index contributed by atoms with van der Waals surface area (Å²) < 4.78 is 48.2.